The minimum Gasteiger partial charge on any atom is -0.350 e. The molecule has 2 aromatic rings. The third-order valence-electron chi connectivity index (χ3n) is 8.72. The van der Waals surface area contributed by atoms with E-state index in [4.69, 9.17) is 0 Å². The van der Waals surface area contributed by atoms with Crippen LogP contribution in [-0.4, -0.2) is 53.3 Å². The number of carbonyl (C=O) groups excluding carboxylic acids is 2. The Balaban J connectivity index is 1.55. The van der Waals surface area contributed by atoms with Crippen molar-refractivity contribution in [3.8, 4) is 0 Å². The molecule has 2 heterocycles. The van der Waals surface area contributed by atoms with Crippen molar-refractivity contribution in [1.82, 2.24) is 15.1 Å². The summed E-state index contributed by atoms with van der Waals surface area (Å²) >= 11 is 0. The average molecular weight is 558 g/mol. The molecule has 0 spiro atoms. The van der Waals surface area contributed by atoms with Gasteiger partial charge in [0, 0.05) is 50.6 Å². The number of nitrogens with zero attached hydrogens (tertiary/aromatic N) is 2. The third-order valence-corrected chi connectivity index (χ3v) is 8.72. The Labute approximate surface area is 236 Å². The van der Waals surface area contributed by atoms with Crippen molar-refractivity contribution in [3.63, 3.8) is 0 Å². The first-order valence-electron chi connectivity index (χ1n) is 14.4. The molecule has 40 heavy (non-hydrogen) atoms. The first kappa shape index (κ1) is 30.1. The Morgan fingerprint density at radius 2 is 1.68 bits per heavy atom. The number of amides is 2. The molecule has 0 aromatic heterocycles. The van der Waals surface area contributed by atoms with Gasteiger partial charge in [0.25, 0.3) is 0 Å². The van der Waals surface area contributed by atoms with Gasteiger partial charge in [-0.15, -0.1) is 0 Å². The zero-order chi connectivity index (χ0) is 29.4. The van der Waals surface area contributed by atoms with Crippen LogP contribution in [0, 0.1) is 30.3 Å². The first-order valence-corrected chi connectivity index (χ1v) is 14.4. The van der Waals surface area contributed by atoms with Crippen molar-refractivity contribution in [2.24, 2.45) is 5.92 Å². The molecule has 4 rings (SSSR count). The number of halogens is 3. The summed E-state index contributed by atoms with van der Waals surface area (Å²) in [5.41, 5.74) is 2.58. The molecular formula is C32H42F3N3O2. The number of benzene rings is 2. The van der Waals surface area contributed by atoms with Gasteiger partial charge in [0.1, 0.15) is 17.5 Å². The van der Waals surface area contributed by atoms with Crippen LogP contribution in [0.4, 0.5) is 13.2 Å². The summed E-state index contributed by atoms with van der Waals surface area (Å²) in [7, 11) is 0. The van der Waals surface area contributed by atoms with Crippen LogP contribution in [0.15, 0.2) is 30.3 Å². The predicted molar refractivity (Wildman–Crippen MR) is 150 cm³/mol. The maximum atomic E-state index is 14.9. The molecule has 2 fully saturated rings. The molecule has 5 nitrogen and oxygen atoms in total. The van der Waals surface area contributed by atoms with Crippen LogP contribution < -0.4 is 5.32 Å². The zero-order valence-corrected chi connectivity index (χ0v) is 24.5. The predicted octanol–water partition coefficient (Wildman–Crippen LogP) is 6.22. The number of aryl methyl sites for hydroxylation is 1. The van der Waals surface area contributed by atoms with Gasteiger partial charge in [-0.05, 0) is 87.3 Å². The number of nitrogens with one attached hydrogen (secondary N) is 1. The zero-order valence-electron chi connectivity index (χ0n) is 24.5. The Kier molecular flexibility index (Phi) is 8.98. The van der Waals surface area contributed by atoms with E-state index in [9.17, 15) is 22.8 Å². The molecule has 3 unspecified atom stereocenters. The summed E-state index contributed by atoms with van der Waals surface area (Å²) in [6.07, 6.45) is 2.07. The fourth-order valence-electron chi connectivity index (χ4n) is 6.38. The highest BCUT2D eigenvalue weighted by atomic mass is 19.1. The highest BCUT2D eigenvalue weighted by molar-refractivity contribution is 5.81. The van der Waals surface area contributed by atoms with Gasteiger partial charge in [-0.3, -0.25) is 14.5 Å². The van der Waals surface area contributed by atoms with Gasteiger partial charge in [-0.2, -0.15) is 0 Å². The number of likely N-dealkylation sites (tertiary alicyclic amines) is 2. The Bertz CT molecular complexity index is 1250. The summed E-state index contributed by atoms with van der Waals surface area (Å²) < 4.78 is 43.2. The fraction of sp³-hybridized carbons (Fsp3) is 0.562. The van der Waals surface area contributed by atoms with Crippen LogP contribution in [0.25, 0.3) is 0 Å². The second-order valence-corrected chi connectivity index (χ2v) is 12.4. The molecule has 2 amide bonds. The van der Waals surface area contributed by atoms with E-state index in [2.05, 4.69) is 31.0 Å². The summed E-state index contributed by atoms with van der Waals surface area (Å²) in [6.45, 7) is 13.5. The molecule has 2 aliphatic heterocycles. The number of hydrogen-bond donors (Lipinski definition) is 1. The fourth-order valence-corrected chi connectivity index (χ4v) is 6.38. The van der Waals surface area contributed by atoms with E-state index >= 15 is 0 Å². The second-order valence-electron chi connectivity index (χ2n) is 12.4. The Hall–Kier alpha value is -2.87. The molecule has 0 aliphatic carbocycles. The van der Waals surface area contributed by atoms with E-state index < -0.39 is 17.6 Å². The lowest BCUT2D eigenvalue weighted by Crippen LogP contribution is -2.44. The second kappa shape index (κ2) is 11.9. The summed E-state index contributed by atoms with van der Waals surface area (Å²) in [5.74, 6) is -2.36. The van der Waals surface area contributed by atoms with E-state index in [1.54, 1.807) is 13.0 Å². The van der Waals surface area contributed by atoms with Gasteiger partial charge in [-0.1, -0.05) is 19.1 Å². The summed E-state index contributed by atoms with van der Waals surface area (Å²) in [4.78, 5) is 29.8. The lowest BCUT2D eigenvalue weighted by molar-refractivity contribution is -0.136. The van der Waals surface area contributed by atoms with Gasteiger partial charge in [-0.25, -0.2) is 13.2 Å². The summed E-state index contributed by atoms with van der Waals surface area (Å²) in [6, 6.07) is 6.80. The van der Waals surface area contributed by atoms with Crippen LogP contribution in [-0.2, 0) is 9.59 Å². The number of piperidine rings is 1. The van der Waals surface area contributed by atoms with E-state index in [0.717, 1.165) is 17.2 Å². The number of carbonyl (C=O) groups is 2. The van der Waals surface area contributed by atoms with Gasteiger partial charge in [0.2, 0.25) is 11.8 Å². The maximum absolute atomic E-state index is 14.9. The maximum Gasteiger partial charge on any atom is 0.227 e. The standard InChI is InChI=1S/C32H42F3N3O2/c1-7-30(36-20(3)39)25-16-28(34)19(2)14-24(25)21-10-12-37(13-11-21)31(40)27-18-38(32(4,5)6)17-26(27)23-9-8-22(33)15-29(23)35/h8-9,14-16,21,26-27,30H,7,10-13,17-18H2,1-6H3,(H,36,39). The van der Waals surface area contributed by atoms with Crippen molar-refractivity contribution in [1.29, 1.82) is 0 Å². The van der Waals surface area contributed by atoms with Crippen molar-refractivity contribution in [2.75, 3.05) is 26.2 Å². The SMILES string of the molecule is CCC(NC(C)=O)c1cc(F)c(C)cc1C1CCN(C(=O)C2CN(C(C)(C)C)CC2c2ccc(F)cc2F)CC1. The Morgan fingerprint density at radius 3 is 2.25 bits per heavy atom. The molecule has 0 saturated carbocycles. The highest BCUT2D eigenvalue weighted by Gasteiger charge is 2.45. The molecule has 218 valence electrons. The molecule has 2 aromatic carbocycles. The van der Waals surface area contributed by atoms with Gasteiger partial charge in [0.15, 0.2) is 0 Å². The molecule has 0 radical (unpaired) electrons. The molecule has 0 bridgehead atoms. The van der Waals surface area contributed by atoms with Gasteiger partial charge < -0.3 is 10.2 Å². The Morgan fingerprint density at radius 1 is 1.00 bits per heavy atom. The number of rotatable bonds is 6. The topological polar surface area (TPSA) is 52.7 Å². The molecule has 3 atom stereocenters. The van der Waals surface area contributed by atoms with Crippen LogP contribution in [0.5, 0.6) is 0 Å². The normalized spacial score (nSPS) is 21.5. The molecular weight excluding hydrogens is 515 g/mol. The highest BCUT2D eigenvalue weighted by Crippen LogP contribution is 2.40. The van der Waals surface area contributed by atoms with E-state index in [0.29, 0.717) is 56.6 Å². The largest absolute Gasteiger partial charge is 0.350 e. The molecule has 2 saturated heterocycles. The average Bonchev–Trinajstić information content (AvgIpc) is 3.34. The lowest BCUT2D eigenvalue weighted by Gasteiger charge is -2.36. The van der Waals surface area contributed by atoms with Crippen LogP contribution in [0.3, 0.4) is 0 Å². The minimum atomic E-state index is -0.629. The van der Waals surface area contributed by atoms with Crippen molar-refractivity contribution in [3.05, 3.63) is 70.0 Å². The quantitative estimate of drug-likeness (QED) is 0.459. The molecule has 8 heteroatoms. The van der Waals surface area contributed by atoms with Gasteiger partial charge in [0.05, 0.1) is 12.0 Å². The smallest absolute Gasteiger partial charge is 0.227 e. The molecule has 1 N–H and O–H groups in total. The first-order chi connectivity index (χ1) is 18.8. The minimum absolute atomic E-state index is 0.000818. The third kappa shape index (κ3) is 6.37. The van der Waals surface area contributed by atoms with Crippen LogP contribution in [0.1, 0.15) is 94.0 Å². The van der Waals surface area contributed by atoms with Gasteiger partial charge >= 0.3 is 0 Å². The van der Waals surface area contributed by atoms with Crippen LogP contribution in [0.2, 0.25) is 0 Å². The van der Waals surface area contributed by atoms with E-state index in [1.165, 1.54) is 19.1 Å². The monoisotopic (exact) mass is 557 g/mol. The molecule has 2 aliphatic rings. The number of hydrogen-bond acceptors (Lipinski definition) is 3. The van der Waals surface area contributed by atoms with E-state index in [1.807, 2.05) is 17.9 Å². The van der Waals surface area contributed by atoms with Crippen molar-refractivity contribution >= 4 is 11.8 Å². The van der Waals surface area contributed by atoms with E-state index in [-0.39, 0.29) is 41.0 Å². The van der Waals surface area contributed by atoms with Crippen molar-refractivity contribution in [2.45, 2.75) is 84.2 Å². The summed E-state index contributed by atoms with van der Waals surface area (Å²) in [5, 5.41) is 2.95. The van der Waals surface area contributed by atoms with Crippen molar-refractivity contribution < 1.29 is 22.8 Å². The lowest BCUT2D eigenvalue weighted by atomic mass is 9.82. The van der Waals surface area contributed by atoms with Crippen LogP contribution >= 0.6 is 0 Å².